The highest BCUT2D eigenvalue weighted by Crippen LogP contribution is 2.26. The molecule has 0 heterocycles. The van der Waals surface area contributed by atoms with Gasteiger partial charge in [-0.3, -0.25) is 0 Å². The molecule has 0 aromatic heterocycles. The highest BCUT2D eigenvalue weighted by Gasteiger charge is 2.23. The zero-order valence-electron chi connectivity index (χ0n) is 60.8. The summed E-state index contributed by atoms with van der Waals surface area (Å²) in [6.45, 7) is 1.97. The molecule has 0 spiro atoms. The van der Waals surface area contributed by atoms with Gasteiger partial charge in [-0.25, -0.2) is 28.8 Å². The molecule has 0 radical (unpaired) electrons. The van der Waals surface area contributed by atoms with E-state index < -0.39 is 54.1 Å². The van der Waals surface area contributed by atoms with Crippen LogP contribution in [0, 0.1) is 0 Å². The number of ether oxygens (including phenoxy) is 9. The van der Waals surface area contributed by atoms with Crippen molar-refractivity contribution in [2.45, 2.75) is 56.8 Å². The van der Waals surface area contributed by atoms with Crippen LogP contribution in [0.2, 0.25) is 0 Å². The first-order chi connectivity index (χ1) is 50.6. The number of benzene rings is 9. The van der Waals surface area contributed by atoms with E-state index in [0.717, 1.165) is 89.7 Å². The number of rotatable bonds is 36. The van der Waals surface area contributed by atoms with Crippen molar-refractivity contribution in [2.75, 3.05) is 103 Å². The molecular weight excluding hydrogens is 1340 g/mol. The first kappa shape index (κ1) is 80.8. The van der Waals surface area contributed by atoms with Crippen LogP contribution >= 0.6 is 0 Å². The van der Waals surface area contributed by atoms with Crippen molar-refractivity contribution < 1.29 is 86.7 Å². The van der Waals surface area contributed by atoms with Crippen LogP contribution in [-0.4, -0.2) is 187 Å². The molecule has 0 bridgehead atoms. The number of carboxylic acid groups (broad SMARTS) is 3. The van der Waals surface area contributed by atoms with Gasteiger partial charge in [0.2, 0.25) is 0 Å². The van der Waals surface area contributed by atoms with Gasteiger partial charge in [0.05, 0.1) is 54.7 Å². The maximum atomic E-state index is 12.7. The minimum Gasteiger partial charge on any atom is -0.497 e. The maximum Gasteiger partial charge on any atom is 0.338 e. The molecule has 3 N–H and O–H groups in total. The van der Waals surface area contributed by atoms with E-state index in [-0.39, 0.29) is 42.1 Å². The lowest BCUT2D eigenvalue weighted by Crippen LogP contribution is -2.35. The molecule has 0 aliphatic rings. The molecule has 0 fully saturated rings. The highest BCUT2D eigenvalue weighted by molar-refractivity contribution is 5.95. The van der Waals surface area contributed by atoms with E-state index in [0.29, 0.717) is 30.8 Å². The van der Waals surface area contributed by atoms with Crippen LogP contribution in [0.3, 0.4) is 0 Å². The summed E-state index contributed by atoms with van der Waals surface area (Å²) >= 11 is 0. The fraction of sp³-hybridized carbons (Fsp3) is 0.286. The number of carbonyl (C=O) groups is 6. The number of esters is 3. The molecule has 21 nitrogen and oxygen atoms in total. The third kappa shape index (κ3) is 27.6. The second-order valence-electron chi connectivity index (χ2n) is 25.3. The first-order valence-electron chi connectivity index (χ1n) is 34.1. The Morgan fingerprint density at radius 2 is 0.571 bits per heavy atom. The third-order valence-electron chi connectivity index (χ3n) is 16.3. The Bertz CT molecular complexity index is 4020. The molecule has 0 saturated heterocycles. The van der Waals surface area contributed by atoms with Gasteiger partial charge in [-0.15, -0.1) is 0 Å². The summed E-state index contributed by atoms with van der Waals surface area (Å²) in [5.41, 5.74) is 7.84. The molecule has 9 aromatic carbocycles. The number of likely N-dealkylation sites (N-methyl/N-ethyl adjacent to an activating group) is 3. The smallest absolute Gasteiger partial charge is 0.338 e. The molecule has 21 heteroatoms. The molecule has 3 unspecified atom stereocenters. The topological polar surface area (TPSA) is 256 Å². The third-order valence-corrected chi connectivity index (χ3v) is 16.3. The lowest BCUT2D eigenvalue weighted by Gasteiger charge is -2.22. The maximum absolute atomic E-state index is 12.7. The first-order valence-corrected chi connectivity index (χ1v) is 34.1. The Kier molecular flexibility index (Phi) is 32.4. The lowest BCUT2D eigenvalue weighted by molar-refractivity contribution is 0.00957. The van der Waals surface area contributed by atoms with E-state index in [1.165, 1.54) is 89.5 Å². The van der Waals surface area contributed by atoms with Crippen LogP contribution < -0.4 is 28.4 Å². The number of aryl methyl sites for hydroxylation is 6. The van der Waals surface area contributed by atoms with E-state index in [1.54, 1.807) is 21.3 Å². The standard InChI is InChI=1S/3C28H31NO6/c1-29(2)18-25(35-28(32)23-9-6-8-22(17-23)27(30)31)19-34-26-10-5-4-7-21(26)14-11-20-12-15-24(33-3)16-13-20;2*1-29(2)18-25(35-28(32)23-14-12-22(13-15-23)27(30)31)19-34-26-7-5-4-6-21(26)11-8-20-9-16-24(33-3)17-10-20/h4-10,12-13,15-17,25H,11,14,18-19H2,1-3H3,(H,30,31);2*4-7,9-10,12-17,25H,8,11,18-19H2,1-3H3,(H,30,31). The van der Waals surface area contributed by atoms with Crippen molar-refractivity contribution in [3.05, 3.63) is 285 Å². The second kappa shape index (κ2) is 42.2. The van der Waals surface area contributed by atoms with Crippen LogP contribution in [-0.2, 0) is 52.7 Å². The molecule has 0 saturated carbocycles. The average Bonchev–Trinajstić information content (AvgIpc) is 0.879. The van der Waals surface area contributed by atoms with E-state index in [1.807, 2.05) is 178 Å². The van der Waals surface area contributed by atoms with E-state index in [2.05, 4.69) is 24.3 Å². The zero-order valence-corrected chi connectivity index (χ0v) is 60.8. The Morgan fingerprint density at radius 3 is 0.848 bits per heavy atom. The molecular formula is C84H93N3O18. The van der Waals surface area contributed by atoms with Crippen LogP contribution in [0.4, 0.5) is 0 Å². The molecule has 105 heavy (non-hydrogen) atoms. The van der Waals surface area contributed by atoms with Crippen molar-refractivity contribution in [2.24, 2.45) is 0 Å². The average molecular weight is 1430 g/mol. The van der Waals surface area contributed by atoms with Crippen LogP contribution in [0.5, 0.6) is 34.5 Å². The predicted molar refractivity (Wildman–Crippen MR) is 400 cm³/mol. The molecule has 9 aromatic rings. The van der Waals surface area contributed by atoms with Crippen molar-refractivity contribution >= 4 is 35.8 Å². The van der Waals surface area contributed by atoms with E-state index >= 15 is 0 Å². The largest absolute Gasteiger partial charge is 0.497 e. The number of nitrogens with zero attached hydrogens (tertiary/aromatic N) is 3. The number of hydrogen-bond acceptors (Lipinski definition) is 18. The quantitative estimate of drug-likeness (QED) is 0.0244. The van der Waals surface area contributed by atoms with Gasteiger partial charge in [0, 0.05) is 19.6 Å². The highest BCUT2D eigenvalue weighted by atomic mass is 16.6. The number of carboxylic acids is 3. The number of methoxy groups -OCH3 is 3. The zero-order chi connectivity index (χ0) is 75.6. The van der Waals surface area contributed by atoms with Gasteiger partial charge in [-0.1, -0.05) is 97.1 Å². The molecule has 0 amide bonds. The number of hydrogen-bond donors (Lipinski definition) is 3. The monoisotopic (exact) mass is 1430 g/mol. The number of para-hydroxylation sites is 3. The SMILES string of the molecule is COc1ccc(CCc2ccccc2OCC(CN(C)C)OC(=O)c2ccc(C(=O)O)cc2)cc1.COc1ccc(CCc2ccccc2OCC(CN(C)C)OC(=O)c2ccc(C(=O)O)cc2)cc1.COc1ccc(CCc2ccccc2OCC(CN(C)C)OC(=O)c2cccc(C(=O)O)c2)cc1. The van der Waals surface area contributed by atoms with E-state index in [4.69, 9.17) is 52.8 Å². The van der Waals surface area contributed by atoms with Crippen molar-refractivity contribution in [1.82, 2.24) is 14.7 Å². The number of aromatic carboxylic acids is 3. The summed E-state index contributed by atoms with van der Waals surface area (Å²) in [5, 5.41) is 27.3. The van der Waals surface area contributed by atoms with Gasteiger partial charge in [0.1, 0.15) is 72.6 Å². The van der Waals surface area contributed by atoms with Gasteiger partial charge >= 0.3 is 35.8 Å². The molecule has 0 aliphatic carbocycles. The van der Waals surface area contributed by atoms with Gasteiger partial charge in [0.25, 0.3) is 0 Å². The molecule has 552 valence electrons. The minimum absolute atomic E-state index is 0.0330. The fourth-order valence-corrected chi connectivity index (χ4v) is 10.8. The Labute approximate surface area is 614 Å². The summed E-state index contributed by atoms with van der Waals surface area (Å²) in [6.07, 6.45) is 3.40. The van der Waals surface area contributed by atoms with Crippen molar-refractivity contribution in [3.63, 3.8) is 0 Å². The van der Waals surface area contributed by atoms with Gasteiger partial charge in [-0.05, 0) is 236 Å². The normalized spacial score (nSPS) is 11.7. The van der Waals surface area contributed by atoms with Gasteiger partial charge in [-0.2, -0.15) is 0 Å². The van der Waals surface area contributed by atoms with Crippen LogP contribution in [0.15, 0.2) is 218 Å². The Balaban J connectivity index is 0.000000220. The van der Waals surface area contributed by atoms with Gasteiger partial charge in [0.15, 0.2) is 0 Å². The summed E-state index contributed by atoms with van der Waals surface area (Å²) in [6, 6.07) is 64.7. The van der Waals surface area contributed by atoms with Crippen LogP contribution in [0.25, 0.3) is 0 Å². The van der Waals surface area contributed by atoms with Crippen molar-refractivity contribution in [3.8, 4) is 34.5 Å². The number of carbonyl (C=O) groups excluding carboxylic acids is 3. The lowest BCUT2D eigenvalue weighted by atomic mass is 10.0. The molecule has 3 atom stereocenters. The minimum atomic E-state index is -1.10. The second-order valence-corrected chi connectivity index (χ2v) is 25.3. The predicted octanol–water partition coefficient (Wildman–Crippen LogP) is 13.0. The fourth-order valence-electron chi connectivity index (χ4n) is 10.8. The summed E-state index contributed by atoms with van der Waals surface area (Å²) < 4.78 is 51.1. The van der Waals surface area contributed by atoms with Crippen molar-refractivity contribution in [1.29, 1.82) is 0 Å². The summed E-state index contributed by atoms with van der Waals surface area (Å²) in [5.74, 6) is -0.0797. The molecule has 9 rings (SSSR count). The summed E-state index contributed by atoms with van der Waals surface area (Å²) in [4.78, 5) is 77.0. The Morgan fingerprint density at radius 1 is 0.305 bits per heavy atom. The van der Waals surface area contributed by atoms with Crippen LogP contribution in [0.1, 0.15) is 95.5 Å². The van der Waals surface area contributed by atoms with Gasteiger partial charge < -0.3 is 72.7 Å². The Hall–Kier alpha value is -11.5. The molecule has 0 aliphatic heterocycles. The summed E-state index contributed by atoms with van der Waals surface area (Å²) in [7, 11) is 16.3. The van der Waals surface area contributed by atoms with E-state index in [9.17, 15) is 33.9 Å².